The molecule has 3 aromatic heterocycles. The number of H-pyrrole nitrogens is 2. The summed E-state index contributed by atoms with van der Waals surface area (Å²) >= 11 is 1.73. The summed E-state index contributed by atoms with van der Waals surface area (Å²) in [4.78, 5) is 5.70. The second kappa shape index (κ2) is 6.01. The van der Waals surface area contributed by atoms with Gasteiger partial charge in [0.2, 0.25) is 11.8 Å². The van der Waals surface area contributed by atoms with Gasteiger partial charge in [-0.25, -0.2) is 0 Å². The zero-order chi connectivity index (χ0) is 19.4. The first-order chi connectivity index (χ1) is 13.6. The van der Waals surface area contributed by atoms with E-state index in [2.05, 4.69) is 41.2 Å². The van der Waals surface area contributed by atoms with Crippen molar-refractivity contribution in [2.45, 2.75) is 19.8 Å². The van der Waals surface area contributed by atoms with Gasteiger partial charge in [0, 0.05) is 32.4 Å². The van der Waals surface area contributed by atoms with Crippen molar-refractivity contribution < 1.29 is 4.74 Å². The topological polar surface area (TPSA) is 104 Å². The van der Waals surface area contributed by atoms with Crippen LogP contribution in [0.4, 0.5) is 0 Å². The molecule has 6 nitrogen and oxygen atoms in total. The summed E-state index contributed by atoms with van der Waals surface area (Å²) in [7, 11) is 0. The highest BCUT2D eigenvalue weighted by molar-refractivity contribution is 7.12. The van der Waals surface area contributed by atoms with Crippen molar-refractivity contribution in [3.8, 4) is 23.2 Å². The molecule has 1 aromatic carbocycles. The van der Waals surface area contributed by atoms with Crippen molar-refractivity contribution >= 4 is 22.2 Å². The molecule has 4 heterocycles. The van der Waals surface area contributed by atoms with Crippen molar-refractivity contribution in [1.82, 2.24) is 15.2 Å². The zero-order valence-corrected chi connectivity index (χ0v) is 16.1. The smallest absolute Gasteiger partial charge is 0.244 e. The Morgan fingerprint density at radius 2 is 2.11 bits per heavy atom. The maximum Gasteiger partial charge on any atom is 0.244 e. The standard InChI is InChI=1S/C21H17N5OS/c1-10-7-13(11(2)28-10)19-18-17(14(8-22)20(23)27-21(18)26-25-19)15-9-24-16-6-4-3-5-12(15)16/h3-7,9,17,24H,23H2,1-2H3,(H,25,26). The van der Waals surface area contributed by atoms with Crippen LogP contribution in [0.15, 0.2) is 48.0 Å². The van der Waals surface area contributed by atoms with E-state index < -0.39 is 0 Å². The van der Waals surface area contributed by atoms with Gasteiger partial charge in [-0.05, 0) is 31.5 Å². The summed E-state index contributed by atoms with van der Waals surface area (Å²) in [6.45, 7) is 4.16. The molecule has 0 saturated heterocycles. The first kappa shape index (κ1) is 16.7. The molecule has 1 aliphatic rings. The Balaban J connectivity index is 1.81. The van der Waals surface area contributed by atoms with E-state index in [1.165, 1.54) is 9.75 Å². The number of benzene rings is 1. The molecule has 0 spiro atoms. The highest BCUT2D eigenvalue weighted by Crippen LogP contribution is 2.48. The largest absolute Gasteiger partial charge is 0.420 e. The Labute approximate surface area is 165 Å². The van der Waals surface area contributed by atoms with Crippen LogP contribution < -0.4 is 10.5 Å². The molecule has 1 aliphatic heterocycles. The average Bonchev–Trinajstić information content (AvgIpc) is 3.37. The van der Waals surface area contributed by atoms with Crippen molar-refractivity contribution in [3.63, 3.8) is 0 Å². The number of hydrogen-bond donors (Lipinski definition) is 3. The molecule has 0 aliphatic carbocycles. The third kappa shape index (κ3) is 2.28. The number of hydrogen-bond acceptors (Lipinski definition) is 5. The van der Waals surface area contributed by atoms with Gasteiger partial charge in [0.15, 0.2) is 0 Å². The molecular formula is C21H17N5OS. The van der Waals surface area contributed by atoms with E-state index in [4.69, 9.17) is 10.5 Å². The first-order valence-electron chi connectivity index (χ1n) is 8.87. The van der Waals surface area contributed by atoms with Crippen LogP contribution >= 0.6 is 11.3 Å². The number of thiophene rings is 1. The van der Waals surface area contributed by atoms with Crippen LogP contribution in [0.2, 0.25) is 0 Å². The van der Waals surface area contributed by atoms with Gasteiger partial charge in [-0.1, -0.05) is 18.2 Å². The van der Waals surface area contributed by atoms with Gasteiger partial charge >= 0.3 is 0 Å². The van der Waals surface area contributed by atoms with Gasteiger partial charge in [0.05, 0.1) is 17.2 Å². The molecule has 1 unspecified atom stereocenters. The van der Waals surface area contributed by atoms with Gasteiger partial charge in [0.25, 0.3) is 0 Å². The molecule has 1 atom stereocenters. The van der Waals surface area contributed by atoms with Crippen LogP contribution in [0.5, 0.6) is 5.88 Å². The van der Waals surface area contributed by atoms with Gasteiger partial charge in [-0.15, -0.1) is 16.4 Å². The number of ether oxygens (including phenoxy) is 1. The van der Waals surface area contributed by atoms with Crippen molar-refractivity contribution in [2.75, 3.05) is 0 Å². The molecule has 0 radical (unpaired) electrons. The number of nitrogens with zero attached hydrogens (tertiary/aromatic N) is 2. The number of nitrogens with one attached hydrogen (secondary N) is 2. The quantitative estimate of drug-likeness (QED) is 0.472. The van der Waals surface area contributed by atoms with Crippen molar-refractivity contribution in [2.24, 2.45) is 5.73 Å². The SMILES string of the molecule is Cc1cc(-c2[nH]nc3c2C(c2c[nH]c4ccccc24)C(C#N)=C(N)O3)c(C)s1. The van der Waals surface area contributed by atoms with E-state index >= 15 is 0 Å². The molecule has 28 heavy (non-hydrogen) atoms. The summed E-state index contributed by atoms with van der Waals surface area (Å²) < 4.78 is 5.71. The second-order valence-corrected chi connectivity index (χ2v) is 8.32. The number of aryl methyl sites for hydroxylation is 2. The summed E-state index contributed by atoms with van der Waals surface area (Å²) in [5.41, 5.74) is 11.3. The summed E-state index contributed by atoms with van der Waals surface area (Å²) in [6, 6.07) is 12.4. The normalized spacial score (nSPS) is 16.1. The van der Waals surface area contributed by atoms with Gasteiger partial charge in [-0.3, -0.25) is 5.10 Å². The Hall–Kier alpha value is -3.50. The van der Waals surface area contributed by atoms with Crippen molar-refractivity contribution in [1.29, 1.82) is 5.26 Å². The molecule has 5 rings (SSSR count). The molecule has 0 bridgehead atoms. The number of fused-ring (bicyclic) bond motifs is 2. The summed E-state index contributed by atoms with van der Waals surface area (Å²) in [5.74, 6) is 0.157. The zero-order valence-electron chi connectivity index (χ0n) is 15.3. The minimum atomic E-state index is -0.363. The molecule has 0 fully saturated rings. The Morgan fingerprint density at radius 3 is 2.86 bits per heavy atom. The number of para-hydroxylation sites is 1. The van der Waals surface area contributed by atoms with Crippen LogP contribution in [-0.2, 0) is 0 Å². The van der Waals surface area contributed by atoms with Crippen LogP contribution in [0.1, 0.15) is 26.8 Å². The molecule has 7 heteroatoms. The maximum atomic E-state index is 9.88. The Kier molecular flexibility index (Phi) is 3.57. The minimum absolute atomic E-state index is 0.0987. The molecule has 4 N–H and O–H groups in total. The maximum absolute atomic E-state index is 9.88. The highest BCUT2D eigenvalue weighted by Gasteiger charge is 2.37. The van der Waals surface area contributed by atoms with Crippen LogP contribution in [0.3, 0.4) is 0 Å². The van der Waals surface area contributed by atoms with Crippen LogP contribution in [0, 0.1) is 25.2 Å². The van der Waals surface area contributed by atoms with Crippen molar-refractivity contribution in [3.05, 3.63) is 68.9 Å². The second-order valence-electron chi connectivity index (χ2n) is 6.86. The molecule has 0 saturated carbocycles. The highest BCUT2D eigenvalue weighted by atomic mass is 32.1. The fourth-order valence-corrected chi connectivity index (χ4v) is 4.90. The molecule has 0 amide bonds. The predicted molar refractivity (Wildman–Crippen MR) is 109 cm³/mol. The lowest BCUT2D eigenvalue weighted by atomic mass is 9.83. The van der Waals surface area contributed by atoms with E-state index in [-0.39, 0.29) is 11.8 Å². The molecule has 4 aromatic rings. The van der Waals surface area contributed by atoms with Crippen LogP contribution in [-0.4, -0.2) is 15.2 Å². The number of nitrogens with two attached hydrogens (primary N) is 1. The minimum Gasteiger partial charge on any atom is -0.420 e. The number of nitriles is 1. The first-order valence-corrected chi connectivity index (χ1v) is 9.69. The third-order valence-corrected chi connectivity index (χ3v) is 6.15. The van der Waals surface area contributed by atoms with E-state index in [1.807, 2.05) is 30.5 Å². The number of allylic oxidation sites excluding steroid dienone is 1. The van der Waals surface area contributed by atoms with Gasteiger partial charge in [0.1, 0.15) is 11.6 Å². The number of aromatic nitrogens is 3. The fourth-order valence-electron chi connectivity index (χ4n) is 3.97. The average molecular weight is 387 g/mol. The lowest BCUT2D eigenvalue weighted by molar-refractivity contribution is 0.379. The van der Waals surface area contributed by atoms with Gasteiger partial charge in [-0.2, -0.15) is 5.26 Å². The van der Waals surface area contributed by atoms with Gasteiger partial charge < -0.3 is 15.5 Å². The number of rotatable bonds is 2. The predicted octanol–water partition coefficient (Wildman–Crippen LogP) is 4.45. The molecular weight excluding hydrogens is 370 g/mol. The van der Waals surface area contributed by atoms with E-state index in [0.29, 0.717) is 11.5 Å². The summed E-state index contributed by atoms with van der Waals surface area (Å²) in [6.07, 6.45) is 1.94. The van der Waals surface area contributed by atoms with E-state index in [0.717, 1.165) is 33.3 Å². The fraction of sp³-hybridized carbons (Fsp3) is 0.143. The Bertz CT molecular complexity index is 1300. The number of aromatic amines is 2. The lowest BCUT2D eigenvalue weighted by Gasteiger charge is -2.23. The van der Waals surface area contributed by atoms with E-state index in [9.17, 15) is 5.26 Å². The Morgan fingerprint density at radius 1 is 1.29 bits per heavy atom. The lowest BCUT2D eigenvalue weighted by Crippen LogP contribution is -2.20. The monoisotopic (exact) mass is 387 g/mol. The molecule has 138 valence electrons. The summed E-state index contributed by atoms with van der Waals surface area (Å²) in [5, 5.41) is 18.4. The third-order valence-electron chi connectivity index (χ3n) is 5.18. The van der Waals surface area contributed by atoms with E-state index in [1.54, 1.807) is 11.3 Å². The van der Waals surface area contributed by atoms with Crippen LogP contribution in [0.25, 0.3) is 22.2 Å².